The van der Waals surface area contributed by atoms with Crippen LogP contribution in [0, 0.1) is 5.41 Å². The van der Waals surface area contributed by atoms with Crippen LogP contribution in [0.2, 0.25) is 0 Å². The maximum absolute atomic E-state index is 14.0. The number of hydrogen-bond donors (Lipinski definition) is 2. The second-order valence-corrected chi connectivity index (χ2v) is 11.7. The van der Waals surface area contributed by atoms with Crippen LogP contribution in [-0.2, 0) is 31.5 Å². The number of benzene rings is 1. The molecule has 218 valence electrons. The molecule has 3 aliphatic heterocycles. The molecule has 1 spiro atoms. The van der Waals surface area contributed by atoms with Gasteiger partial charge >= 0.3 is 18.3 Å². The number of carboxylic acids is 1. The van der Waals surface area contributed by atoms with Crippen molar-refractivity contribution in [1.82, 2.24) is 10.3 Å². The van der Waals surface area contributed by atoms with E-state index in [0.29, 0.717) is 61.3 Å². The number of carbonyl (C=O) groups is 2. The fourth-order valence-corrected chi connectivity index (χ4v) is 6.48. The number of carbonyl (C=O) groups excluding carboxylic acids is 1. The summed E-state index contributed by atoms with van der Waals surface area (Å²) in [5, 5.41) is 9.97. The number of aliphatic carboxylic acids is 1. The number of fused-ring (bicyclic) bond motifs is 1. The molecule has 1 amide bonds. The van der Waals surface area contributed by atoms with Crippen LogP contribution in [0.25, 0.3) is 11.1 Å². The topological polar surface area (TPSA) is 120 Å². The largest absolute Gasteiger partial charge is 0.490 e. The van der Waals surface area contributed by atoms with Gasteiger partial charge in [0.2, 0.25) is 15.9 Å². The summed E-state index contributed by atoms with van der Waals surface area (Å²) in [6, 6.07) is 4.88. The van der Waals surface area contributed by atoms with Gasteiger partial charge in [0.25, 0.3) is 0 Å². The summed E-state index contributed by atoms with van der Waals surface area (Å²) in [4.78, 5) is 26.8. The monoisotopic (exact) mass is 594 g/mol. The lowest BCUT2D eigenvalue weighted by Crippen LogP contribution is -2.44. The Kier molecular flexibility index (Phi) is 7.45. The molecule has 1 aromatic carbocycles. The zero-order valence-corrected chi connectivity index (χ0v) is 21.8. The molecule has 2 fully saturated rings. The predicted octanol–water partition coefficient (Wildman–Crippen LogP) is 3.79. The maximum Gasteiger partial charge on any atom is 0.490 e. The van der Waals surface area contributed by atoms with E-state index in [1.807, 2.05) is 0 Å². The van der Waals surface area contributed by atoms with Crippen molar-refractivity contribution in [2.45, 2.75) is 37.4 Å². The second kappa shape index (κ2) is 10.1. The predicted molar refractivity (Wildman–Crippen MR) is 131 cm³/mol. The number of sulfonamides is 1. The van der Waals surface area contributed by atoms with Crippen molar-refractivity contribution in [2.24, 2.45) is 5.41 Å². The maximum atomic E-state index is 14.0. The Morgan fingerprint density at radius 2 is 1.70 bits per heavy atom. The zero-order valence-electron chi connectivity index (χ0n) is 20.9. The smallest absolute Gasteiger partial charge is 0.475 e. The molecule has 1 aromatic heterocycles. The lowest BCUT2D eigenvalue weighted by molar-refractivity contribution is -0.192. The van der Waals surface area contributed by atoms with Gasteiger partial charge in [0, 0.05) is 44.6 Å². The Hall–Kier alpha value is -3.56. The van der Waals surface area contributed by atoms with Gasteiger partial charge in [0.15, 0.2) is 0 Å². The molecule has 2 N–H and O–H groups in total. The van der Waals surface area contributed by atoms with E-state index >= 15 is 0 Å². The van der Waals surface area contributed by atoms with Gasteiger partial charge < -0.3 is 15.3 Å². The highest BCUT2D eigenvalue weighted by Crippen LogP contribution is 2.46. The van der Waals surface area contributed by atoms with Crippen molar-refractivity contribution < 1.29 is 49.5 Å². The minimum Gasteiger partial charge on any atom is -0.475 e. The number of carboxylic acid groups (broad SMARTS) is 1. The molecule has 0 aliphatic carbocycles. The summed E-state index contributed by atoms with van der Waals surface area (Å²) >= 11 is 0. The van der Waals surface area contributed by atoms with Crippen LogP contribution in [0.15, 0.2) is 30.6 Å². The van der Waals surface area contributed by atoms with E-state index in [1.165, 1.54) is 17.5 Å². The van der Waals surface area contributed by atoms with Crippen LogP contribution in [-0.4, -0.2) is 63.2 Å². The van der Waals surface area contributed by atoms with Crippen LogP contribution in [0.1, 0.15) is 30.4 Å². The zero-order chi connectivity index (χ0) is 29.7. The molecule has 0 bridgehead atoms. The summed E-state index contributed by atoms with van der Waals surface area (Å²) in [5.74, 6) is -2.97. The van der Waals surface area contributed by atoms with Crippen LogP contribution in [0.3, 0.4) is 0 Å². The second-order valence-electron chi connectivity index (χ2n) is 9.72. The molecule has 0 atom stereocenters. The van der Waals surface area contributed by atoms with E-state index in [-0.39, 0.29) is 17.3 Å². The van der Waals surface area contributed by atoms with Crippen LogP contribution in [0.4, 0.5) is 37.7 Å². The molecular weight excluding hydrogens is 570 g/mol. The van der Waals surface area contributed by atoms with Crippen LogP contribution < -0.4 is 14.5 Å². The fraction of sp³-hybridized carbons (Fsp3) is 0.458. The van der Waals surface area contributed by atoms with Gasteiger partial charge in [-0.2, -0.15) is 26.3 Å². The molecule has 2 saturated heterocycles. The van der Waals surface area contributed by atoms with E-state index in [9.17, 15) is 39.6 Å². The van der Waals surface area contributed by atoms with Crippen molar-refractivity contribution in [3.05, 3.63) is 41.7 Å². The highest BCUT2D eigenvalue weighted by atomic mass is 32.2. The Balaban J connectivity index is 0.000000470. The number of piperidine rings is 1. The molecular formula is C24H24F6N4O5S. The number of amides is 1. The molecule has 16 heteroatoms. The van der Waals surface area contributed by atoms with Gasteiger partial charge in [0.05, 0.1) is 28.1 Å². The number of aromatic nitrogens is 1. The number of alkyl halides is 6. The van der Waals surface area contributed by atoms with E-state index in [1.54, 1.807) is 23.1 Å². The Bertz CT molecular complexity index is 1440. The summed E-state index contributed by atoms with van der Waals surface area (Å²) in [6.45, 7) is 1.23. The molecule has 4 heterocycles. The fourth-order valence-electron chi connectivity index (χ4n) is 5.18. The summed E-state index contributed by atoms with van der Waals surface area (Å²) in [5.41, 5.74) is 0.523. The normalized spacial score (nSPS) is 19.6. The number of hydrogen-bond acceptors (Lipinski definition) is 6. The van der Waals surface area contributed by atoms with Crippen LogP contribution >= 0.6 is 0 Å². The van der Waals surface area contributed by atoms with Gasteiger partial charge in [0.1, 0.15) is 0 Å². The van der Waals surface area contributed by atoms with Gasteiger partial charge in [-0.15, -0.1) is 0 Å². The lowest BCUT2D eigenvalue weighted by atomic mass is 9.77. The van der Waals surface area contributed by atoms with Gasteiger partial charge in [-0.1, -0.05) is 6.07 Å². The number of pyridine rings is 1. The van der Waals surface area contributed by atoms with Crippen molar-refractivity contribution in [1.29, 1.82) is 0 Å². The number of anilines is 2. The highest BCUT2D eigenvalue weighted by molar-refractivity contribution is 7.92. The molecule has 0 saturated carbocycles. The van der Waals surface area contributed by atoms with E-state index in [2.05, 4.69) is 10.3 Å². The first kappa shape index (κ1) is 29.4. The average Bonchev–Trinajstić information content (AvgIpc) is 3.32. The number of rotatable bonds is 2. The van der Waals surface area contributed by atoms with Crippen molar-refractivity contribution >= 4 is 33.3 Å². The summed E-state index contributed by atoms with van der Waals surface area (Å²) < 4.78 is 99.4. The third kappa shape index (κ3) is 5.53. The third-order valence-corrected chi connectivity index (χ3v) is 9.06. The summed E-state index contributed by atoms with van der Waals surface area (Å²) in [7, 11) is -2.01. The van der Waals surface area contributed by atoms with Crippen molar-refractivity contribution in [3.8, 4) is 11.1 Å². The Labute approximate surface area is 224 Å². The molecule has 5 rings (SSSR count). The summed E-state index contributed by atoms with van der Waals surface area (Å²) in [6.07, 6.45) is -5.82. The standard InChI is InChI=1S/C22H23F3N4O3S.C2HF3O2/c1-28-18-3-2-14(10-15(18)13-33(28,31)32)16-11-26-12-17(22(23,24)25)19(16)29-8-5-21(6-9-29)4-7-27-20(21)30;3-2(4,5)1(6)7/h2-3,10-12H,4-9,13H2,1H3,(H,27,30);(H,6,7). The Morgan fingerprint density at radius 3 is 2.23 bits per heavy atom. The van der Waals surface area contributed by atoms with Crippen molar-refractivity contribution in [2.75, 3.05) is 35.9 Å². The molecule has 3 aliphatic rings. The highest BCUT2D eigenvalue weighted by Gasteiger charge is 2.46. The number of nitrogens with one attached hydrogen (secondary N) is 1. The van der Waals surface area contributed by atoms with Crippen LogP contribution in [0.5, 0.6) is 0 Å². The number of halogens is 6. The first-order valence-electron chi connectivity index (χ1n) is 11.9. The molecule has 0 radical (unpaired) electrons. The van der Waals surface area contributed by atoms with E-state index in [4.69, 9.17) is 9.90 Å². The Morgan fingerprint density at radius 1 is 1.07 bits per heavy atom. The molecule has 2 aromatic rings. The molecule has 40 heavy (non-hydrogen) atoms. The SMILES string of the molecule is CN1c2ccc(-c3cncc(C(F)(F)F)c3N3CCC4(CCNC4=O)CC3)cc2CS1(=O)=O.O=C(O)C(F)(F)F. The van der Waals surface area contributed by atoms with Gasteiger partial charge in [-0.3, -0.25) is 14.1 Å². The first-order valence-corrected chi connectivity index (χ1v) is 13.6. The third-order valence-electron chi connectivity index (χ3n) is 7.36. The van der Waals surface area contributed by atoms with Gasteiger partial charge in [-0.25, -0.2) is 13.2 Å². The molecule has 9 nitrogen and oxygen atoms in total. The lowest BCUT2D eigenvalue weighted by Gasteiger charge is -2.40. The minimum absolute atomic E-state index is 0.0166. The van der Waals surface area contributed by atoms with E-state index < -0.39 is 39.3 Å². The quantitative estimate of drug-likeness (QED) is 0.508. The molecule has 0 unspecified atom stereocenters. The van der Waals surface area contributed by atoms with E-state index in [0.717, 1.165) is 6.20 Å². The minimum atomic E-state index is -5.08. The average molecular weight is 595 g/mol. The van der Waals surface area contributed by atoms with Gasteiger partial charge in [-0.05, 0) is 42.5 Å². The first-order chi connectivity index (χ1) is 18.5. The number of nitrogens with zero attached hydrogens (tertiary/aromatic N) is 3. The van der Waals surface area contributed by atoms with Crippen molar-refractivity contribution in [3.63, 3.8) is 0 Å².